The third kappa shape index (κ3) is 6.19. The smallest absolute Gasteiger partial charge is 0.312 e. The number of nitrogens with two attached hydrogens (primary N) is 1. The number of rotatable bonds is 7. The molecule has 25 heavy (non-hydrogen) atoms. The van der Waals surface area contributed by atoms with Gasteiger partial charge in [-0.3, -0.25) is 4.79 Å². The number of nitrogens with one attached hydrogen (secondary N) is 2. The van der Waals surface area contributed by atoms with E-state index in [1.165, 1.54) is 6.07 Å². The summed E-state index contributed by atoms with van der Waals surface area (Å²) in [6, 6.07) is 12.5. The molecule has 0 aliphatic heterocycles. The molecular weight excluding hydrogens is 389 g/mol. The van der Waals surface area contributed by atoms with Gasteiger partial charge in [0.05, 0.1) is 12.5 Å². The van der Waals surface area contributed by atoms with Crippen LogP contribution in [0.25, 0.3) is 0 Å². The van der Waals surface area contributed by atoms with E-state index >= 15 is 0 Å². The Morgan fingerprint density at radius 2 is 1.80 bits per heavy atom. The molecule has 0 saturated carbocycles. The van der Waals surface area contributed by atoms with Crippen LogP contribution < -0.4 is 16.4 Å². The number of carbonyl (C=O) groups is 2. The van der Waals surface area contributed by atoms with Gasteiger partial charge in [0.25, 0.3) is 0 Å². The zero-order valence-corrected chi connectivity index (χ0v) is 15.1. The Labute approximate surface area is 153 Å². The summed E-state index contributed by atoms with van der Waals surface area (Å²) in [5.41, 5.74) is 6.51. The summed E-state index contributed by atoms with van der Waals surface area (Å²) >= 11 is 3.34. The van der Waals surface area contributed by atoms with E-state index in [4.69, 9.17) is 5.73 Å². The van der Waals surface area contributed by atoms with Crippen molar-refractivity contribution in [2.45, 2.75) is 18.9 Å². The molecule has 0 aliphatic rings. The van der Waals surface area contributed by atoms with Gasteiger partial charge in [-0.2, -0.15) is 0 Å². The van der Waals surface area contributed by atoms with Crippen LogP contribution in [0.1, 0.15) is 23.6 Å². The normalized spacial score (nSPS) is 11.6. The highest BCUT2D eigenvalue weighted by molar-refractivity contribution is 9.10. The first-order valence-electron chi connectivity index (χ1n) is 7.77. The second kappa shape index (κ2) is 9.17. The maximum atomic E-state index is 13.5. The molecule has 1 atom stereocenters. The van der Waals surface area contributed by atoms with E-state index < -0.39 is 12.1 Å². The van der Waals surface area contributed by atoms with Gasteiger partial charge >= 0.3 is 6.03 Å². The number of hydrogen-bond donors (Lipinski definition) is 3. The van der Waals surface area contributed by atoms with Crippen molar-refractivity contribution in [3.05, 3.63) is 69.9 Å². The van der Waals surface area contributed by atoms with Crippen LogP contribution in [0.15, 0.2) is 53.0 Å². The molecule has 2 aromatic rings. The fraction of sp³-hybridized carbons (Fsp3) is 0.222. The lowest BCUT2D eigenvalue weighted by molar-refractivity contribution is -0.121. The van der Waals surface area contributed by atoms with Crippen LogP contribution in [-0.4, -0.2) is 18.5 Å². The molecule has 0 aliphatic carbocycles. The van der Waals surface area contributed by atoms with Crippen molar-refractivity contribution in [2.24, 2.45) is 5.73 Å². The average molecular weight is 408 g/mol. The topological polar surface area (TPSA) is 84.2 Å². The highest BCUT2D eigenvalue weighted by atomic mass is 79.9. The van der Waals surface area contributed by atoms with Crippen molar-refractivity contribution in [1.82, 2.24) is 10.6 Å². The summed E-state index contributed by atoms with van der Waals surface area (Å²) in [7, 11) is 0. The SMILES string of the molecule is NC(=O)NC(CC(=O)NCCc1ccccc1F)c1ccc(Br)cc1. The molecule has 0 saturated heterocycles. The average Bonchev–Trinajstić information content (AvgIpc) is 2.56. The van der Waals surface area contributed by atoms with E-state index in [0.717, 1.165) is 10.0 Å². The number of halogens is 2. The number of primary amides is 1. The van der Waals surface area contributed by atoms with Gasteiger partial charge in [-0.1, -0.05) is 46.3 Å². The predicted octanol–water partition coefficient (Wildman–Crippen LogP) is 3.05. The number of urea groups is 1. The largest absolute Gasteiger partial charge is 0.356 e. The molecule has 0 radical (unpaired) electrons. The summed E-state index contributed by atoms with van der Waals surface area (Å²) in [5.74, 6) is -0.544. The molecule has 132 valence electrons. The maximum absolute atomic E-state index is 13.5. The third-order valence-electron chi connectivity index (χ3n) is 3.65. The Morgan fingerprint density at radius 1 is 1.12 bits per heavy atom. The molecule has 0 heterocycles. The first-order valence-corrected chi connectivity index (χ1v) is 8.56. The molecule has 0 bridgehead atoms. The monoisotopic (exact) mass is 407 g/mol. The van der Waals surface area contributed by atoms with Gasteiger partial charge in [-0.25, -0.2) is 9.18 Å². The lowest BCUT2D eigenvalue weighted by atomic mass is 10.0. The molecule has 3 amide bonds. The second-order valence-corrected chi connectivity index (χ2v) is 6.42. The fourth-order valence-electron chi connectivity index (χ4n) is 2.41. The molecule has 4 N–H and O–H groups in total. The minimum Gasteiger partial charge on any atom is -0.356 e. The second-order valence-electron chi connectivity index (χ2n) is 5.51. The quantitative estimate of drug-likeness (QED) is 0.658. The summed E-state index contributed by atoms with van der Waals surface area (Å²) in [6.45, 7) is 0.309. The summed E-state index contributed by atoms with van der Waals surface area (Å²) in [6.07, 6.45) is 0.437. The number of carbonyl (C=O) groups excluding carboxylic acids is 2. The molecular formula is C18H19BrFN3O2. The number of benzene rings is 2. The first-order chi connectivity index (χ1) is 12.0. The summed E-state index contributed by atoms with van der Waals surface area (Å²) < 4.78 is 14.4. The van der Waals surface area contributed by atoms with E-state index in [1.54, 1.807) is 30.3 Å². The fourth-order valence-corrected chi connectivity index (χ4v) is 2.68. The van der Waals surface area contributed by atoms with Crippen molar-refractivity contribution >= 4 is 27.9 Å². The van der Waals surface area contributed by atoms with Crippen LogP contribution >= 0.6 is 15.9 Å². The van der Waals surface area contributed by atoms with E-state index in [0.29, 0.717) is 18.5 Å². The molecule has 5 nitrogen and oxygen atoms in total. The Kier molecular flexibility index (Phi) is 6.94. The molecule has 1 unspecified atom stereocenters. The van der Waals surface area contributed by atoms with E-state index in [-0.39, 0.29) is 18.1 Å². The van der Waals surface area contributed by atoms with Crippen molar-refractivity contribution in [3.63, 3.8) is 0 Å². The highest BCUT2D eigenvalue weighted by Gasteiger charge is 2.17. The van der Waals surface area contributed by atoms with Gasteiger partial charge in [0.15, 0.2) is 0 Å². The molecule has 2 aromatic carbocycles. The minimum absolute atomic E-state index is 0.0435. The molecule has 0 aromatic heterocycles. The molecule has 7 heteroatoms. The van der Waals surface area contributed by atoms with Crippen LogP contribution in [0, 0.1) is 5.82 Å². The molecule has 2 rings (SSSR count). The van der Waals surface area contributed by atoms with Crippen molar-refractivity contribution < 1.29 is 14.0 Å². The van der Waals surface area contributed by atoms with Gasteiger partial charge in [-0.15, -0.1) is 0 Å². The number of amides is 3. The van der Waals surface area contributed by atoms with Gasteiger partial charge in [-0.05, 0) is 35.7 Å². The Morgan fingerprint density at radius 3 is 2.44 bits per heavy atom. The Hall–Kier alpha value is -2.41. The summed E-state index contributed by atoms with van der Waals surface area (Å²) in [4.78, 5) is 23.3. The van der Waals surface area contributed by atoms with Crippen molar-refractivity contribution in [1.29, 1.82) is 0 Å². The van der Waals surface area contributed by atoms with Crippen LogP contribution in [0.5, 0.6) is 0 Å². The van der Waals surface area contributed by atoms with E-state index in [1.807, 2.05) is 12.1 Å². The van der Waals surface area contributed by atoms with Crippen LogP contribution in [0.3, 0.4) is 0 Å². The van der Waals surface area contributed by atoms with Gasteiger partial charge in [0.2, 0.25) is 5.91 Å². The van der Waals surface area contributed by atoms with Gasteiger partial charge < -0.3 is 16.4 Å². The highest BCUT2D eigenvalue weighted by Crippen LogP contribution is 2.19. The minimum atomic E-state index is -0.702. The van der Waals surface area contributed by atoms with Crippen LogP contribution in [0.2, 0.25) is 0 Å². The van der Waals surface area contributed by atoms with Crippen LogP contribution in [0.4, 0.5) is 9.18 Å². The van der Waals surface area contributed by atoms with Gasteiger partial charge in [0.1, 0.15) is 5.82 Å². The zero-order valence-electron chi connectivity index (χ0n) is 13.5. The third-order valence-corrected chi connectivity index (χ3v) is 4.18. The lowest BCUT2D eigenvalue weighted by Crippen LogP contribution is -2.37. The first kappa shape index (κ1) is 18.9. The Balaban J connectivity index is 1.91. The maximum Gasteiger partial charge on any atom is 0.312 e. The van der Waals surface area contributed by atoms with E-state index in [9.17, 15) is 14.0 Å². The van der Waals surface area contributed by atoms with Crippen LogP contribution in [-0.2, 0) is 11.2 Å². The molecule has 0 spiro atoms. The number of hydrogen-bond acceptors (Lipinski definition) is 2. The van der Waals surface area contributed by atoms with Gasteiger partial charge in [0, 0.05) is 11.0 Å². The van der Waals surface area contributed by atoms with Crippen molar-refractivity contribution in [2.75, 3.05) is 6.54 Å². The lowest BCUT2D eigenvalue weighted by Gasteiger charge is -2.18. The summed E-state index contributed by atoms with van der Waals surface area (Å²) in [5, 5.41) is 5.30. The predicted molar refractivity (Wildman–Crippen MR) is 97.3 cm³/mol. The van der Waals surface area contributed by atoms with E-state index in [2.05, 4.69) is 26.6 Å². The Bertz CT molecular complexity index is 737. The van der Waals surface area contributed by atoms with Crippen molar-refractivity contribution in [3.8, 4) is 0 Å². The zero-order chi connectivity index (χ0) is 18.2. The standard InChI is InChI=1S/C18H19BrFN3O2/c19-14-7-5-13(6-8-14)16(23-18(21)25)11-17(24)22-10-9-12-3-1-2-4-15(12)20/h1-8,16H,9-11H2,(H,22,24)(H3,21,23,25). The molecule has 0 fully saturated rings.